The highest BCUT2D eigenvalue weighted by atomic mass is 16.7. The fraction of sp³-hybridized carbons (Fsp3) is 0.604. The zero-order valence-corrected chi connectivity index (χ0v) is 39.9. The number of benzene rings is 2. The van der Waals surface area contributed by atoms with E-state index in [-0.39, 0.29) is 55.7 Å². The van der Waals surface area contributed by atoms with Gasteiger partial charge in [-0.1, -0.05) is 63.6 Å². The number of rotatable bonds is 23. The van der Waals surface area contributed by atoms with Gasteiger partial charge in [0.2, 0.25) is 29.5 Å². The van der Waals surface area contributed by atoms with E-state index in [9.17, 15) is 33.6 Å². The molecule has 7 rings (SSSR count). The topological polar surface area (TPSA) is 305 Å². The van der Waals surface area contributed by atoms with Gasteiger partial charge in [0.1, 0.15) is 24.2 Å². The summed E-state index contributed by atoms with van der Waals surface area (Å²) in [5, 5.41) is 12.9. The van der Waals surface area contributed by atoms with Crippen LogP contribution in [0.25, 0.3) is 11.1 Å². The summed E-state index contributed by atoms with van der Waals surface area (Å²) in [7, 11) is -0.979. The molecule has 2 aromatic carbocycles. The molecule has 0 aromatic heterocycles. The highest BCUT2D eigenvalue weighted by molar-refractivity contribution is 6.47. The second-order valence-electron chi connectivity index (χ2n) is 19.6. The van der Waals surface area contributed by atoms with Crippen molar-refractivity contribution < 1.29 is 42.9 Å². The number of amides is 7. The van der Waals surface area contributed by atoms with Crippen molar-refractivity contribution in [3.63, 3.8) is 0 Å². The van der Waals surface area contributed by atoms with Crippen molar-refractivity contribution in [3.8, 4) is 11.1 Å². The Morgan fingerprint density at radius 1 is 0.853 bits per heavy atom. The minimum absolute atomic E-state index is 0.0153. The fourth-order valence-electron chi connectivity index (χ4n) is 10.3. The zero-order chi connectivity index (χ0) is 49.3. The first-order chi connectivity index (χ1) is 32.4. The van der Waals surface area contributed by atoms with Crippen LogP contribution in [0.4, 0.5) is 0 Å². The monoisotopic (exact) mass is 943 g/mol. The Balaban J connectivity index is 0.978. The molecule has 2 aliphatic heterocycles. The molecular formula is C48H71BN10O9. The van der Waals surface area contributed by atoms with Crippen LogP contribution in [0.2, 0.25) is 0 Å². The molecule has 2 aromatic rings. The highest BCUT2D eigenvalue weighted by Gasteiger charge is 2.68. The standard InChI is InChI=1S/C48H71BN10O9/c1-5-6-10-28-13-15-29(16-14-28)30-17-19-31(20-18-30)41(62)54-23-21-39(61)55-33(11-7-8-22-50)45(66)59-24-9-12-35(59)43(64)57-40(52)44(65)56-34(27-38(51)60)42(63)58-46(53)49-67-37-26-32-25-36(47(32,2)3)48(37,4)68-49/h13-20,32-37,40,46H,5-12,21-27,50,52-53H2,1-4H3,(H2,51,60)(H,54,62)(H,55,61)(H,56,65)(H,57,64)(H,58,63)/t32-,33-,34-,35-,36-,37+,40+,46+,48-/m0/s1. The second-order valence-corrected chi connectivity index (χ2v) is 19.6. The van der Waals surface area contributed by atoms with E-state index in [0.717, 1.165) is 43.2 Å². The van der Waals surface area contributed by atoms with Crippen molar-refractivity contribution >= 4 is 48.5 Å². The first kappa shape index (κ1) is 52.0. The van der Waals surface area contributed by atoms with Gasteiger partial charge in [-0.25, -0.2) is 0 Å². The average molecular weight is 943 g/mol. The molecule has 3 saturated carbocycles. The van der Waals surface area contributed by atoms with Crippen LogP contribution in [-0.4, -0.2) is 115 Å². The molecule has 2 heterocycles. The maximum Gasteiger partial charge on any atom is 0.497 e. The molecule has 68 heavy (non-hydrogen) atoms. The second kappa shape index (κ2) is 22.8. The maximum absolute atomic E-state index is 14.0. The summed E-state index contributed by atoms with van der Waals surface area (Å²) in [6.07, 6.45) is 4.59. The van der Waals surface area contributed by atoms with Gasteiger partial charge in [-0.05, 0) is 117 Å². The number of carbonyl (C=O) groups is 7. The number of primary amides is 1. The average Bonchev–Trinajstić information content (AvgIpc) is 3.95. The first-order valence-corrected chi connectivity index (χ1v) is 24.2. The summed E-state index contributed by atoms with van der Waals surface area (Å²) in [6.45, 7) is 9.19. The molecule has 5 aliphatic rings. The maximum atomic E-state index is 14.0. The van der Waals surface area contributed by atoms with Crippen LogP contribution >= 0.6 is 0 Å². The molecule has 9 atom stereocenters. The van der Waals surface area contributed by atoms with Crippen molar-refractivity contribution in [1.29, 1.82) is 0 Å². The van der Waals surface area contributed by atoms with Crippen molar-refractivity contribution in [2.45, 2.75) is 147 Å². The van der Waals surface area contributed by atoms with Crippen LogP contribution in [0.15, 0.2) is 48.5 Å². The number of hydrogen-bond donors (Lipinski definition) is 9. The Bertz CT molecular complexity index is 2150. The minimum Gasteiger partial charge on any atom is -0.403 e. The van der Waals surface area contributed by atoms with Crippen molar-refractivity contribution in [2.24, 2.45) is 40.2 Å². The molecule has 0 radical (unpaired) electrons. The van der Waals surface area contributed by atoms with E-state index in [4.69, 9.17) is 32.2 Å². The first-order valence-electron chi connectivity index (χ1n) is 24.2. The molecule has 7 amide bonds. The van der Waals surface area contributed by atoms with E-state index in [1.807, 2.05) is 19.1 Å². The third-order valence-corrected chi connectivity index (χ3v) is 14.5. The molecular weight excluding hydrogens is 871 g/mol. The number of likely N-dealkylation sites (tertiary alicyclic amines) is 1. The molecule has 0 unspecified atom stereocenters. The van der Waals surface area contributed by atoms with E-state index in [2.05, 4.69) is 71.6 Å². The molecule has 2 bridgehead atoms. The van der Waals surface area contributed by atoms with Gasteiger partial charge in [0.05, 0.1) is 18.1 Å². The van der Waals surface area contributed by atoms with E-state index in [1.54, 1.807) is 12.1 Å². The largest absolute Gasteiger partial charge is 0.497 e. The summed E-state index contributed by atoms with van der Waals surface area (Å²) in [5.41, 5.74) is 26.8. The van der Waals surface area contributed by atoms with E-state index in [0.29, 0.717) is 37.3 Å². The lowest BCUT2D eigenvalue weighted by Crippen LogP contribution is -2.65. The Labute approximate surface area is 399 Å². The summed E-state index contributed by atoms with van der Waals surface area (Å²) in [4.78, 5) is 93.9. The van der Waals surface area contributed by atoms with E-state index in [1.165, 1.54) is 10.5 Å². The number of hydrogen-bond acceptors (Lipinski definition) is 12. The van der Waals surface area contributed by atoms with Gasteiger partial charge in [0, 0.05) is 25.1 Å². The molecule has 3 aliphatic carbocycles. The summed E-state index contributed by atoms with van der Waals surface area (Å²) >= 11 is 0. The molecule has 5 fully saturated rings. The van der Waals surface area contributed by atoms with E-state index < -0.39 is 84.9 Å². The number of nitrogens with zero attached hydrogens (tertiary/aromatic N) is 1. The number of carbonyl (C=O) groups excluding carboxylic acids is 7. The van der Waals surface area contributed by atoms with Crippen LogP contribution in [-0.2, 0) is 44.5 Å². The highest BCUT2D eigenvalue weighted by Crippen LogP contribution is 2.65. The van der Waals surface area contributed by atoms with Crippen LogP contribution in [0.5, 0.6) is 0 Å². The van der Waals surface area contributed by atoms with Crippen molar-refractivity contribution in [2.75, 3.05) is 19.6 Å². The predicted octanol–water partition coefficient (Wildman–Crippen LogP) is 0.851. The third-order valence-electron chi connectivity index (χ3n) is 14.5. The molecule has 13 N–H and O–H groups in total. The Morgan fingerprint density at radius 3 is 2.19 bits per heavy atom. The number of unbranched alkanes of at least 4 members (excludes halogenated alkanes) is 2. The van der Waals surface area contributed by atoms with Crippen LogP contribution in [0, 0.1) is 17.3 Å². The fourth-order valence-corrected chi connectivity index (χ4v) is 10.3. The van der Waals surface area contributed by atoms with E-state index >= 15 is 0 Å². The molecule has 370 valence electrons. The van der Waals surface area contributed by atoms with Crippen LogP contribution in [0.1, 0.15) is 114 Å². The third kappa shape index (κ3) is 12.2. The Kier molecular flexibility index (Phi) is 17.4. The van der Waals surface area contributed by atoms with Gasteiger partial charge < -0.3 is 63.7 Å². The van der Waals surface area contributed by atoms with Crippen LogP contribution < -0.4 is 49.5 Å². The molecule has 0 spiro atoms. The Hall–Kier alpha value is -5.41. The van der Waals surface area contributed by atoms with Gasteiger partial charge in [-0.2, -0.15) is 0 Å². The number of aryl methyl sites for hydroxylation is 1. The Morgan fingerprint density at radius 2 is 1.54 bits per heavy atom. The zero-order valence-electron chi connectivity index (χ0n) is 39.9. The normalized spacial score (nSPS) is 24.0. The lowest BCUT2D eigenvalue weighted by atomic mass is 9.43. The quantitative estimate of drug-likeness (QED) is 0.0426. The van der Waals surface area contributed by atoms with Gasteiger partial charge in [-0.15, -0.1) is 0 Å². The SMILES string of the molecule is CCCCc1ccc(-c2ccc(C(=O)NCCC(=O)N[C@@H](CCCCN)C(=O)N3CCC[C@H]3C(=O)N[C@@H](N)C(=O)N[C@@H](CC(N)=O)C(=O)N[C@@H](N)B3O[C@@H]4C[C@@H]5C[C@@H](C5(C)C)[C@]4(C)O3)cc2)cc1. The smallest absolute Gasteiger partial charge is 0.403 e. The van der Waals surface area contributed by atoms with Crippen molar-refractivity contribution in [1.82, 2.24) is 31.5 Å². The number of nitrogens with one attached hydrogen (secondary N) is 5. The van der Waals surface area contributed by atoms with Gasteiger partial charge >= 0.3 is 7.12 Å². The molecule has 19 nitrogen and oxygen atoms in total. The van der Waals surface area contributed by atoms with Gasteiger partial charge in [-0.3, -0.25) is 33.6 Å². The van der Waals surface area contributed by atoms with Gasteiger partial charge in [0.25, 0.3) is 11.8 Å². The molecule has 20 heteroatoms. The summed E-state index contributed by atoms with van der Waals surface area (Å²) < 4.78 is 12.5. The van der Waals surface area contributed by atoms with Crippen molar-refractivity contribution in [3.05, 3.63) is 59.7 Å². The lowest BCUT2D eigenvalue weighted by Gasteiger charge is -2.64. The minimum atomic E-state index is -1.70. The van der Waals surface area contributed by atoms with Gasteiger partial charge in [0.15, 0.2) is 6.17 Å². The van der Waals surface area contributed by atoms with Crippen LogP contribution in [0.3, 0.4) is 0 Å². The lowest BCUT2D eigenvalue weighted by molar-refractivity contribution is -0.199. The number of nitrogens with two attached hydrogens (primary N) is 4. The molecule has 2 saturated heterocycles. The summed E-state index contributed by atoms with van der Waals surface area (Å²) in [5.74, 6) is -4.05. The summed E-state index contributed by atoms with van der Waals surface area (Å²) in [6, 6.07) is 10.9. The predicted molar refractivity (Wildman–Crippen MR) is 255 cm³/mol.